The lowest BCUT2D eigenvalue weighted by Gasteiger charge is -2.45. The van der Waals surface area contributed by atoms with Crippen LogP contribution in [0, 0.1) is 5.41 Å². The van der Waals surface area contributed by atoms with E-state index >= 15 is 0 Å². The number of hydrogen-bond acceptors (Lipinski definition) is 3. The van der Waals surface area contributed by atoms with Gasteiger partial charge < -0.3 is 15.0 Å². The summed E-state index contributed by atoms with van der Waals surface area (Å²) in [7, 11) is 1.79. The molecule has 1 unspecified atom stereocenters. The molecule has 0 aromatic carbocycles. The quantitative estimate of drug-likeness (QED) is 0.910. The molecule has 4 heteroatoms. The number of methoxy groups -OCH3 is 1. The van der Waals surface area contributed by atoms with Gasteiger partial charge in [-0.25, -0.2) is 4.98 Å². The molecule has 1 aromatic rings. The van der Waals surface area contributed by atoms with E-state index in [-0.39, 0.29) is 11.6 Å². The maximum Gasteiger partial charge on any atom is 0.128 e. The Morgan fingerprint density at radius 3 is 2.53 bits per heavy atom. The molecule has 0 amide bonds. The van der Waals surface area contributed by atoms with Crippen molar-refractivity contribution in [3.63, 3.8) is 0 Å². The van der Waals surface area contributed by atoms with Crippen LogP contribution in [0.4, 0.5) is 0 Å². The summed E-state index contributed by atoms with van der Waals surface area (Å²) in [5.74, 6) is 0.948. The minimum atomic E-state index is -0.256. The average molecular weight is 265 g/mol. The minimum Gasteiger partial charge on any atom is -0.376 e. The van der Waals surface area contributed by atoms with Gasteiger partial charge in [0.15, 0.2) is 0 Å². The highest BCUT2D eigenvalue weighted by Gasteiger charge is 2.44. The first kappa shape index (κ1) is 14.5. The molecule has 0 bridgehead atoms. The predicted molar refractivity (Wildman–Crippen MR) is 76.8 cm³/mol. The summed E-state index contributed by atoms with van der Waals surface area (Å²) < 4.78 is 8.00. The van der Waals surface area contributed by atoms with Crippen molar-refractivity contribution in [3.05, 3.63) is 18.2 Å². The molecule has 0 spiro atoms. The van der Waals surface area contributed by atoms with Crippen molar-refractivity contribution in [1.82, 2.24) is 9.55 Å². The maximum atomic E-state index is 6.52. The molecule has 1 heterocycles. The molecule has 1 aliphatic rings. The highest BCUT2D eigenvalue weighted by atomic mass is 16.5. The van der Waals surface area contributed by atoms with Gasteiger partial charge in [0.05, 0.1) is 11.6 Å². The molecule has 1 fully saturated rings. The number of aromatic nitrogens is 2. The van der Waals surface area contributed by atoms with Gasteiger partial charge in [0.25, 0.3) is 0 Å². The molecule has 2 rings (SSSR count). The van der Waals surface area contributed by atoms with E-state index in [1.807, 2.05) is 12.4 Å². The molecule has 1 aliphatic carbocycles. The number of ether oxygens (including phenoxy) is 1. The summed E-state index contributed by atoms with van der Waals surface area (Å²) >= 11 is 0. The number of aryl methyl sites for hydroxylation is 1. The van der Waals surface area contributed by atoms with Gasteiger partial charge in [0.1, 0.15) is 5.82 Å². The van der Waals surface area contributed by atoms with Crippen molar-refractivity contribution in [2.75, 3.05) is 7.11 Å². The third kappa shape index (κ3) is 2.70. The van der Waals surface area contributed by atoms with Gasteiger partial charge in [-0.2, -0.15) is 0 Å². The van der Waals surface area contributed by atoms with Gasteiger partial charge in [-0.3, -0.25) is 0 Å². The van der Waals surface area contributed by atoms with E-state index in [1.54, 1.807) is 7.11 Å². The summed E-state index contributed by atoms with van der Waals surface area (Å²) in [6.45, 7) is 7.66. The van der Waals surface area contributed by atoms with E-state index in [0.29, 0.717) is 5.41 Å². The molecule has 0 aliphatic heterocycles. The zero-order chi connectivity index (χ0) is 14.1. The highest BCUT2D eigenvalue weighted by molar-refractivity contribution is 5.09. The van der Waals surface area contributed by atoms with E-state index < -0.39 is 0 Å². The van der Waals surface area contributed by atoms with Crippen molar-refractivity contribution in [2.45, 2.75) is 64.6 Å². The molecular weight excluding hydrogens is 238 g/mol. The summed E-state index contributed by atoms with van der Waals surface area (Å²) in [5, 5.41) is 0. The lowest BCUT2D eigenvalue weighted by atomic mass is 9.68. The van der Waals surface area contributed by atoms with Crippen LogP contribution in [0.5, 0.6) is 0 Å². The lowest BCUT2D eigenvalue weighted by molar-refractivity contribution is -0.0816. The molecule has 19 heavy (non-hydrogen) atoms. The van der Waals surface area contributed by atoms with Gasteiger partial charge >= 0.3 is 0 Å². The van der Waals surface area contributed by atoms with E-state index in [2.05, 4.69) is 30.3 Å². The fourth-order valence-corrected chi connectivity index (χ4v) is 3.09. The number of rotatable bonds is 4. The summed E-state index contributed by atoms with van der Waals surface area (Å²) in [4.78, 5) is 4.45. The van der Waals surface area contributed by atoms with Crippen LogP contribution < -0.4 is 5.73 Å². The summed E-state index contributed by atoms with van der Waals surface area (Å²) in [5.41, 5.74) is 6.66. The first-order valence-electron chi connectivity index (χ1n) is 7.26. The molecule has 0 saturated heterocycles. The lowest BCUT2D eigenvalue weighted by Crippen LogP contribution is -2.48. The number of nitrogens with two attached hydrogens (primary N) is 1. The Kier molecular flexibility index (Phi) is 4.02. The van der Waals surface area contributed by atoms with E-state index in [1.165, 1.54) is 0 Å². The van der Waals surface area contributed by atoms with Crippen molar-refractivity contribution in [3.8, 4) is 0 Å². The fourth-order valence-electron chi connectivity index (χ4n) is 3.09. The van der Waals surface area contributed by atoms with E-state index in [9.17, 15) is 0 Å². The predicted octanol–water partition coefficient (Wildman–Crippen LogP) is 2.89. The van der Waals surface area contributed by atoms with Crippen LogP contribution in [-0.2, 0) is 11.3 Å². The smallest absolute Gasteiger partial charge is 0.128 e. The van der Waals surface area contributed by atoms with Crippen LogP contribution >= 0.6 is 0 Å². The van der Waals surface area contributed by atoms with Crippen LogP contribution in [-0.4, -0.2) is 22.3 Å². The third-order valence-electron chi connectivity index (χ3n) is 4.79. The molecule has 4 nitrogen and oxygen atoms in total. The zero-order valence-electron chi connectivity index (χ0n) is 12.6. The molecule has 1 aromatic heterocycles. The van der Waals surface area contributed by atoms with Crippen LogP contribution in [0.3, 0.4) is 0 Å². The fraction of sp³-hybridized carbons (Fsp3) is 0.800. The maximum absolute atomic E-state index is 6.52. The minimum absolute atomic E-state index is 0.149. The number of nitrogens with zero attached hydrogens (tertiary/aromatic N) is 2. The number of imidazole rings is 1. The third-order valence-corrected chi connectivity index (χ3v) is 4.79. The van der Waals surface area contributed by atoms with Crippen LogP contribution in [0.2, 0.25) is 0 Å². The standard InChI is InChI=1S/C15H27N3O/c1-5-18-11-10-17-13(18)12(16)15(19-4)8-6-14(2,3)7-9-15/h10-12H,5-9,16H2,1-4H3. The SMILES string of the molecule is CCn1ccnc1C(N)C1(OC)CCC(C)(C)CC1. The second-order valence-corrected chi connectivity index (χ2v) is 6.48. The number of hydrogen-bond donors (Lipinski definition) is 1. The largest absolute Gasteiger partial charge is 0.376 e. The van der Waals surface area contributed by atoms with Crippen molar-refractivity contribution in [1.29, 1.82) is 0 Å². The zero-order valence-corrected chi connectivity index (χ0v) is 12.6. The van der Waals surface area contributed by atoms with Gasteiger partial charge in [-0.05, 0) is 38.0 Å². The van der Waals surface area contributed by atoms with Gasteiger partial charge in [-0.1, -0.05) is 13.8 Å². The normalized spacial score (nSPS) is 23.2. The molecule has 1 saturated carbocycles. The Hall–Kier alpha value is -0.870. The van der Waals surface area contributed by atoms with Gasteiger partial charge in [-0.15, -0.1) is 0 Å². The first-order valence-corrected chi connectivity index (χ1v) is 7.26. The second kappa shape index (κ2) is 5.25. The molecule has 1 atom stereocenters. The van der Waals surface area contributed by atoms with Gasteiger partial charge in [0.2, 0.25) is 0 Å². The van der Waals surface area contributed by atoms with Crippen LogP contribution in [0.1, 0.15) is 58.3 Å². The Morgan fingerprint density at radius 2 is 2.00 bits per heavy atom. The summed E-state index contributed by atoms with van der Waals surface area (Å²) in [6, 6.07) is -0.149. The molecular formula is C15H27N3O. The first-order chi connectivity index (χ1) is 8.94. The van der Waals surface area contributed by atoms with Crippen LogP contribution in [0.15, 0.2) is 12.4 Å². The summed E-state index contributed by atoms with van der Waals surface area (Å²) in [6.07, 6.45) is 8.14. The van der Waals surface area contributed by atoms with Gasteiger partial charge in [0, 0.05) is 26.0 Å². The second-order valence-electron chi connectivity index (χ2n) is 6.48. The topological polar surface area (TPSA) is 53.1 Å². The van der Waals surface area contributed by atoms with E-state index in [0.717, 1.165) is 38.1 Å². The Balaban J connectivity index is 2.22. The van der Waals surface area contributed by atoms with Crippen molar-refractivity contribution < 1.29 is 4.74 Å². The van der Waals surface area contributed by atoms with Crippen LogP contribution in [0.25, 0.3) is 0 Å². The highest BCUT2D eigenvalue weighted by Crippen LogP contribution is 2.46. The van der Waals surface area contributed by atoms with Crippen molar-refractivity contribution >= 4 is 0 Å². The molecule has 108 valence electrons. The monoisotopic (exact) mass is 265 g/mol. The Bertz CT molecular complexity index is 415. The molecule has 0 radical (unpaired) electrons. The Morgan fingerprint density at radius 1 is 1.37 bits per heavy atom. The van der Waals surface area contributed by atoms with E-state index in [4.69, 9.17) is 10.5 Å². The van der Waals surface area contributed by atoms with Crippen molar-refractivity contribution in [2.24, 2.45) is 11.1 Å². The Labute approximate surface area is 116 Å². The molecule has 2 N–H and O–H groups in total. The average Bonchev–Trinajstić information content (AvgIpc) is 2.87.